The monoisotopic (exact) mass is 114 g/mol. The number of carbonyl (C=O) groups excluding carboxylic acids is 1. The second-order valence-electron chi connectivity index (χ2n) is 1.13. The summed E-state index contributed by atoms with van der Waals surface area (Å²) in [5.41, 5.74) is 4.89. The Morgan fingerprint density at radius 2 is 2.50 bits per heavy atom. The third-order valence-electron chi connectivity index (χ3n) is 0.594. The summed E-state index contributed by atoms with van der Waals surface area (Å²) in [6.45, 7) is 0. The van der Waals surface area contributed by atoms with E-state index in [2.05, 4.69) is 4.74 Å². The molecule has 44 valence electrons. The number of hydrogen-bond acceptors (Lipinski definition) is 4. The van der Waals surface area contributed by atoms with Crippen molar-refractivity contribution in [3.05, 3.63) is 0 Å². The first-order valence-corrected chi connectivity index (χ1v) is 1.95. The van der Waals surface area contributed by atoms with Crippen LogP contribution in [0.2, 0.25) is 0 Å². The molecule has 1 atom stereocenters. The maximum atomic E-state index is 10.2. The van der Waals surface area contributed by atoms with E-state index >= 15 is 0 Å². The lowest BCUT2D eigenvalue weighted by atomic mass is 10.4. The molecule has 0 saturated carbocycles. The van der Waals surface area contributed by atoms with Crippen LogP contribution in [0.4, 0.5) is 0 Å². The maximum Gasteiger partial charge on any atom is 0.337 e. The van der Waals surface area contributed by atoms with E-state index in [9.17, 15) is 4.79 Å². The highest BCUT2D eigenvalue weighted by molar-refractivity contribution is 5.78. The van der Waals surface area contributed by atoms with Crippen LogP contribution in [-0.2, 0) is 9.53 Å². The molecule has 4 heteroatoms. The Hall–Kier alpha value is -1.08. The van der Waals surface area contributed by atoms with E-state index in [0.717, 1.165) is 0 Å². The summed E-state index contributed by atoms with van der Waals surface area (Å²) in [7, 11) is 1.18. The van der Waals surface area contributed by atoms with Crippen LogP contribution in [-0.4, -0.2) is 19.1 Å². The van der Waals surface area contributed by atoms with Crippen molar-refractivity contribution in [1.82, 2.24) is 0 Å². The molecule has 0 aromatic carbocycles. The fourth-order valence-electron chi connectivity index (χ4n) is 0.180. The number of carbonyl (C=O) groups is 1. The average molecular weight is 114 g/mol. The Morgan fingerprint density at radius 1 is 2.00 bits per heavy atom. The summed E-state index contributed by atoms with van der Waals surface area (Å²) in [6.07, 6.45) is 0. The van der Waals surface area contributed by atoms with E-state index < -0.39 is 12.0 Å². The van der Waals surface area contributed by atoms with Crippen molar-refractivity contribution in [2.75, 3.05) is 7.11 Å². The Morgan fingerprint density at radius 3 is 2.62 bits per heavy atom. The molecule has 2 N–H and O–H groups in total. The molecule has 0 unspecified atom stereocenters. The van der Waals surface area contributed by atoms with Gasteiger partial charge in [-0.1, -0.05) is 0 Å². The Balaban J connectivity index is 3.68. The molecule has 0 aromatic rings. The quantitative estimate of drug-likeness (QED) is 0.444. The Labute approximate surface area is 46.8 Å². The molecule has 0 aliphatic heterocycles. The van der Waals surface area contributed by atoms with Crippen molar-refractivity contribution in [2.24, 2.45) is 5.73 Å². The molecule has 0 bridgehead atoms. The molecule has 4 nitrogen and oxygen atoms in total. The standard InChI is InChI=1S/C4H6N2O2/c1-8-4(7)3(6)2-5/h3H,6H2,1H3/t3-/m0/s1. The number of ether oxygens (including phenoxy) is 1. The largest absolute Gasteiger partial charge is 0.467 e. The van der Waals surface area contributed by atoms with Gasteiger partial charge in [0.25, 0.3) is 0 Å². The minimum Gasteiger partial charge on any atom is -0.467 e. The van der Waals surface area contributed by atoms with Gasteiger partial charge in [0.1, 0.15) is 0 Å². The highest BCUT2D eigenvalue weighted by Gasteiger charge is 2.10. The van der Waals surface area contributed by atoms with E-state index in [1.54, 1.807) is 0 Å². The fraction of sp³-hybridized carbons (Fsp3) is 0.500. The highest BCUT2D eigenvalue weighted by Crippen LogP contribution is 1.77. The lowest BCUT2D eigenvalue weighted by molar-refractivity contribution is -0.140. The van der Waals surface area contributed by atoms with Gasteiger partial charge < -0.3 is 10.5 Å². The van der Waals surface area contributed by atoms with Crippen LogP contribution in [0.5, 0.6) is 0 Å². The number of hydrogen-bond donors (Lipinski definition) is 1. The molecule has 0 rings (SSSR count). The lowest BCUT2D eigenvalue weighted by Gasteiger charge is -1.95. The van der Waals surface area contributed by atoms with E-state index in [0.29, 0.717) is 0 Å². The van der Waals surface area contributed by atoms with Gasteiger partial charge in [-0.3, -0.25) is 0 Å². The van der Waals surface area contributed by atoms with Gasteiger partial charge in [0.15, 0.2) is 6.04 Å². The van der Waals surface area contributed by atoms with Crippen molar-refractivity contribution >= 4 is 5.97 Å². The van der Waals surface area contributed by atoms with Gasteiger partial charge in [-0.15, -0.1) is 0 Å². The van der Waals surface area contributed by atoms with Crippen LogP contribution in [0.15, 0.2) is 0 Å². The predicted molar refractivity (Wildman–Crippen MR) is 25.6 cm³/mol. The lowest BCUT2D eigenvalue weighted by Crippen LogP contribution is -2.29. The predicted octanol–water partition coefficient (Wildman–Crippen LogP) is -0.990. The van der Waals surface area contributed by atoms with Crippen molar-refractivity contribution < 1.29 is 9.53 Å². The number of nitrogens with zero attached hydrogens (tertiary/aromatic N) is 1. The Kier molecular flexibility index (Phi) is 2.59. The topological polar surface area (TPSA) is 76.1 Å². The van der Waals surface area contributed by atoms with Crippen LogP contribution >= 0.6 is 0 Å². The molecule has 0 radical (unpaired) electrons. The van der Waals surface area contributed by atoms with Crippen molar-refractivity contribution in [1.29, 1.82) is 5.26 Å². The minimum absolute atomic E-state index is 0.701. The summed E-state index contributed by atoms with van der Waals surface area (Å²) in [6, 6.07) is 0.380. The number of esters is 1. The molecular weight excluding hydrogens is 108 g/mol. The van der Waals surface area contributed by atoms with Gasteiger partial charge in [0.2, 0.25) is 0 Å². The molecule has 0 spiro atoms. The van der Waals surface area contributed by atoms with Gasteiger partial charge in [0.05, 0.1) is 13.2 Å². The smallest absolute Gasteiger partial charge is 0.337 e. The minimum atomic E-state index is -1.14. The first-order valence-electron chi connectivity index (χ1n) is 1.95. The van der Waals surface area contributed by atoms with Crippen LogP contribution in [0.3, 0.4) is 0 Å². The van der Waals surface area contributed by atoms with E-state index in [4.69, 9.17) is 11.0 Å². The second-order valence-corrected chi connectivity index (χ2v) is 1.13. The molecular formula is C4H6N2O2. The first-order chi connectivity index (χ1) is 3.72. The summed E-state index contributed by atoms with van der Waals surface area (Å²) < 4.78 is 4.12. The molecule has 0 aliphatic rings. The summed E-state index contributed by atoms with van der Waals surface area (Å²) in [5.74, 6) is -0.701. The molecule has 0 fully saturated rings. The van der Waals surface area contributed by atoms with Gasteiger partial charge in [0, 0.05) is 0 Å². The van der Waals surface area contributed by atoms with Crippen molar-refractivity contribution in [3.63, 3.8) is 0 Å². The van der Waals surface area contributed by atoms with E-state index in [-0.39, 0.29) is 0 Å². The molecule has 0 saturated heterocycles. The number of methoxy groups -OCH3 is 1. The molecule has 0 heterocycles. The number of rotatable bonds is 1. The SMILES string of the molecule is COC(=O)[C@@H](N)C#N. The molecule has 0 aromatic heterocycles. The molecule has 8 heavy (non-hydrogen) atoms. The summed E-state index contributed by atoms with van der Waals surface area (Å²) in [4.78, 5) is 10.2. The third-order valence-corrected chi connectivity index (χ3v) is 0.594. The number of nitrogens with two attached hydrogens (primary N) is 1. The van der Waals surface area contributed by atoms with E-state index in [1.165, 1.54) is 13.2 Å². The normalized spacial score (nSPS) is 11.6. The molecule has 0 amide bonds. The van der Waals surface area contributed by atoms with Crippen LogP contribution < -0.4 is 5.73 Å². The zero-order valence-corrected chi connectivity index (χ0v) is 4.42. The van der Waals surface area contributed by atoms with Gasteiger partial charge in [-0.2, -0.15) is 5.26 Å². The number of nitriles is 1. The average Bonchev–Trinajstić information content (AvgIpc) is 1.84. The fourth-order valence-corrected chi connectivity index (χ4v) is 0.180. The zero-order chi connectivity index (χ0) is 6.57. The van der Waals surface area contributed by atoms with Gasteiger partial charge in [-0.25, -0.2) is 4.79 Å². The summed E-state index contributed by atoms with van der Waals surface area (Å²) >= 11 is 0. The Bertz CT molecular complexity index is 126. The summed E-state index contributed by atoms with van der Waals surface area (Å²) in [5, 5.41) is 7.96. The van der Waals surface area contributed by atoms with Crippen molar-refractivity contribution in [2.45, 2.75) is 6.04 Å². The van der Waals surface area contributed by atoms with Gasteiger partial charge >= 0.3 is 5.97 Å². The zero-order valence-electron chi connectivity index (χ0n) is 4.42. The maximum absolute atomic E-state index is 10.2. The molecule has 0 aliphatic carbocycles. The first kappa shape index (κ1) is 6.92. The third kappa shape index (κ3) is 1.58. The highest BCUT2D eigenvalue weighted by atomic mass is 16.5. The van der Waals surface area contributed by atoms with Crippen molar-refractivity contribution in [3.8, 4) is 6.07 Å². The second kappa shape index (κ2) is 2.99. The van der Waals surface area contributed by atoms with Crippen LogP contribution in [0.1, 0.15) is 0 Å². The van der Waals surface area contributed by atoms with Crippen LogP contribution in [0.25, 0.3) is 0 Å². The van der Waals surface area contributed by atoms with Gasteiger partial charge in [-0.05, 0) is 0 Å². The van der Waals surface area contributed by atoms with Crippen LogP contribution in [0, 0.1) is 11.3 Å². The van der Waals surface area contributed by atoms with E-state index in [1.807, 2.05) is 0 Å².